The van der Waals surface area contributed by atoms with Crippen LogP contribution in [0.5, 0.6) is 5.75 Å². The maximum Gasteiger partial charge on any atom is 0.460 e. The van der Waals surface area contributed by atoms with Crippen molar-refractivity contribution in [2.24, 2.45) is 0 Å². The predicted octanol–water partition coefficient (Wildman–Crippen LogP) is 13.9. The number of benzene rings is 3. The van der Waals surface area contributed by atoms with E-state index >= 15 is 17.6 Å². The second-order valence-corrected chi connectivity index (χ2v) is 15.5. The van der Waals surface area contributed by atoms with Crippen molar-refractivity contribution >= 4 is 16.3 Å². The molecule has 0 heterocycles. The highest BCUT2D eigenvalue weighted by atomic mass is 32.3. The number of unbranched alkanes of at least 4 members (excludes halogenated alkanes) is 2. The third-order valence-electron chi connectivity index (χ3n) is 8.68. The zero-order valence-electron chi connectivity index (χ0n) is 30.2. The van der Waals surface area contributed by atoms with Crippen LogP contribution in [0.1, 0.15) is 26.2 Å². The summed E-state index contributed by atoms with van der Waals surface area (Å²) in [6.07, 6.45) is -6.24. The molecule has 0 aromatic heterocycles. The Morgan fingerprint density at radius 2 is 0.758 bits per heavy atom. The summed E-state index contributed by atoms with van der Waals surface area (Å²) in [4.78, 5) is 11.6. The number of ether oxygens (including phenoxy) is 1. The van der Waals surface area contributed by atoms with Gasteiger partial charge in [0.05, 0.1) is 6.61 Å². The molecule has 350 valence electrons. The molecule has 0 aliphatic carbocycles. The van der Waals surface area contributed by atoms with E-state index in [0.29, 0.717) is 12.8 Å². The maximum atomic E-state index is 15.4. The molecule has 62 heavy (non-hydrogen) atoms. The highest BCUT2D eigenvalue weighted by molar-refractivity contribution is 8.30. The summed E-state index contributed by atoms with van der Waals surface area (Å²) >= 11 is 0. The fourth-order valence-corrected chi connectivity index (χ4v) is 8.13. The largest absolute Gasteiger partial charge is 0.494 e. The van der Waals surface area contributed by atoms with Gasteiger partial charge in [0.25, 0.3) is 0 Å². The van der Waals surface area contributed by atoms with Crippen molar-refractivity contribution in [3.8, 4) is 5.75 Å². The third kappa shape index (κ3) is 7.73. The van der Waals surface area contributed by atoms with Crippen molar-refractivity contribution in [2.75, 3.05) is 6.61 Å². The average molecular weight is 963 g/mol. The molecule has 0 aliphatic heterocycles. The molecule has 0 saturated carbocycles. The van der Waals surface area contributed by atoms with Gasteiger partial charge in [0.1, 0.15) is 5.75 Å². The van der Waals surface area contributed by atoms with Crippen LogP contribution in [0.25, 0.3) is 0 Å². The Bertz CT molecular complexity index is 1950. The number of carbonyl (C=O) groups excluding carboxylic acids is 1. The first kappa shape index (κ1) is 52.0. The first-order valence-electron chi connectivity index (χ1n) is 16.6. The van der Waals surface area contributed by atoms with E-state index in [2.05, 4.69) is 0 Å². The van der Waals surface area contributed by atoms with Gasteiger partial charge < -0.3 is 8.92 Å². The van der Waals surface area contributed by atoms with Gasteiger partial charge in [0.2, 0.25) is 0 Å². The molecule has 3 aromatic rings. The van der Waals surface area contributed by atoms with Gasteiger partial charge in [-0.3, -0.25) is 0 Å². The fraction of sp³-hybridized carbons (Fsp3) is 0.457. The van der Waals surface area contributed by atoms with Gasteiger partial charge in [-0.1, -0.05) is 56.2 Å². The fourth-order valence-electron chi connectivity index (χ4n) is 5.10. The van der Waals surface area contributed by atoms with Gasteiger partial charge in [-0.25, -0.2) is 4.79 Å². The topological polar surface area (TPSA) is 35.5 Å². The number of alkyl halides is 23. The molecular formula is C35H25F23O3S. The molecule has 3 rings (SSSR count). The summed E-state index contributed by atoms with van der Waals surface area (Å²) in [7, 11) is -4.44. The van der Waals surface area contributed by atoms with Crippen molar-refractivity contribution in [3.63, 3.8) is 0 Å². The Morgan fingerprint density at radius 3 is 1.10 bits per heavy atom. The summed E-state index contributed by atoms with van der Waals surface area (Å²) in [5.74, 6) is -94.6. The highest BCUT2D eigenvalue weighted by Crippen LogP contribution is 2.71. The lowest BCUT2D eigenvalue weighted by Crippen LogP contribution is -2.78. The van der Waals surface area contributed by atoms with Gasteiger partial charge >= 0.3 is 71.4 Å². The molecule has 0 spiro atoms. The van der Waals surface area contributed by atoms with Crippen LogP contribution in [-0.2, 0) is 8.98 Å². The van der Waals surface area contributed by atoms with E-state index in [0.717, 1.165) is 79.2 Å². The lowest BCUT2D eigenvalue weighted by atomic mass is 9.85. The Balaban J connectivity index is 2.22. The molecule has 0 fully saturated rings. The minimum Gasteiger partial charge on any atom is -0.494 e. The molecule has 0 radical (unpaired) electrons. The van der Waals surface area contributed by atoms with E-state index in [1.165, 1.54) is 12.1 Å². The highest BCUT2D eigenvalue weighted by Gasteiger charge is 2.99. The Kier molecular flexibility index (Phi) is 14.0. The molecule has 0 N–H and O–H groups in total. The molecule has 0 aliphatic rings. The molecule has 0 unspecified atom stereocenters. The first-order valence-corrected chi connectivity index (χ1v) is 18.2. The second-order valence-electron chi connectivity index (χ2n) is 12.8. The van der Waals surface area contributed by atoms with Gasteiger partial charge in [0, 0.05) is 14.7 Å². The number of hydrogen-bond acceptors (Lipinski definition) is 3. The quantitative estimate of drug-likeness (QED) is 0.0887. The van der Waals surface area contributed by atoms with Gasteiger partial charge in [-0.15, -0.1) is 0 Å². The van der Waals surface area contributed by atoms with Crippen LogP contribution < -0.4 is 4.74 Å². The van der Waals surface area contributed by atoms with Crippen LogP contribution in [-0.4, -0.2) is 78.0 Å². The van der Waals surface area contributed by atoms with Crippen molar-refractivity contribution in [1.82, 2.24) is 0 Å². The van der Waals surface area contributed by atoms with Gasteiger partial charge in [-0.05, 0) is 65.3 Å². The number of rotatable bonds is 19. The molecule has 3 nitrogen and oxygen atoms in total. The monoisotopic (exact) mass is 962 g/mol. The minimum atomic E-state index is -9.57. The Morgan fingerprint density at radius 1 is 0.435 bits per heavy atom. The van der Waals surface area contributed by atoms with Gasteiger partial charge in [-0.2, -0.15) is 101 Å². The summed E-state index contributed by atoms with van der Waals surface area (Å²) < 4.78 is 334. The van der Waals surface area contributed by atoms with Crippen LogP contribution in [0.2, 0.25) is 0 Å². The lowest BCUT2D eigenvalue weighted by Gasteiger charge is -2.45. The Labute approximate surface area is 334 Å². The van der Waals surface area contributed by atoms with Crippen molar-refractivity contribution < 1.29 is 115 Å². The second kappa shape index (κ2) is 16.7. The van der Waals surface area contributed by atoms with E-state index in [4.69, 9.17) is 8.92 Å². The molecule has 3 aromatic carbocycles. The first-order chi connectivity index (χ1) is 27.9. The van der Waals surface area contributed by atoms with E-state index in [1.54, 1.807) is 0 Å². The predicted molar refractivity (Wildman–Crippen MR) is 168 cm³/mol. The molecule has 0 saturated heterocycles. The van der Waals surface area contributed by atoms with Crippen LogP contribution >= 0.6 is 10.3 Å². The van der Waals surface area contributed by atoms with Crippen LogP contribution in [0.4, 0.5) is 101 Å². The third-order valence-corrected chi connectivity index (χ3v) is 11.9. The maximum absolute atomic E-state index is 15.4. The van der Waals surface area contributed by atoms with Crippen molar-refractivity contribution in [1.29, 1.82) is 0 Å². The summed E-state index contributed by atoms with van der Waals surface area (Å²) in [5.41, 5.74) is 0. The number of hydrogen-bond donors (Lipinski definition) is 0. The van der Waals surface area contributed by atoms with Crippen molar-refractivity contribution in [3.05, 3.63) is 84.9 Å². The molecular weight excluding hydrogens is 937 g/mol. The number of halogens is 23. The van der Waals surface area contributed by atoms with Crippen LogP contribution in [0.3, 0.4) is 0 Å². The van der Waals surface area contributed by atoms with E-state index < -0.39 is 96.4 Å². The summed E-state index contributed by atoms with van der Waals surface area (Å²) in [5, 5.41) is 0. The lowest BCUT2D eigenvalue weighted by molar-refractivity contribution is -0.477. The van der Waals surface area contributed by atoms with Crippen LogP contribution in [0, 0.1) is 0 Å². The number of carbonyl (C=O) groups is 1. The normalized spacial score (nSPS) is 15.0. The van der Waals surface area contributed by atoms with E-state index in [1.807, 2.05) is 6.92 Å². The van der Waals surface area contributed by atoms with E-state index in [9.17, 15) is 88.2 Å². The SMILES string of the molecule is CCCCCOc1ccc(S(OC(=O)C(F)(F)C(F)(F)C(F)(F)C(F)(F)C(F)(F)C(F)(F)C(F)(F)C(F)(F)C(F)(F)C(F)(F)C(F)(F)F)(c2ccccc2)c2ccccc2)cc1. The zero-order chi connectivity index (χ0) is 48.0. The smallest absolute Gasteiger partial charge is 0.460 e. The van der Waals surface area contributed by atoms with Crippen LogP contribution in [0.15, 0.2) is 99.6 Å². The molecule has 0 amide bonds. The average Bonchev–Trinajstić information content (AvgIpc) is 3.18. The Hall–Kier alpha value is -4.33. The molecule has 0 atom stereocenters. The minimum absolute atomic E-state index is 0.0168. The van der Waals surface area contributed by atoms with Crippen molar-refractivity contribution in [2.45, 2.75) is 106 Å². The summed E-state index contributed by atoms with van der Waals surface area (Å²) in [6.45, 7) is 1.93. The van der Waals surface area contributed by atoms with E-state index in [-0.39, 0.29) is 12.4 Å². The molecule has 27 heteroatoms. The molecule has 0 bridgehead atoms. The summed E-state index contributed by atoms with van der Waals surface area (Å²) in [6, 6.07) is 14.6. The van der Waals surface area contributed by atoms with Gasteiger partial charge in [0.15, 0.2) is 0 Å². The zero-order valence-corrected chi connectivity index (χ0v) is 31.1. The standard InChI is InChI=1S/C35H25F23O3S/c1-2-3-10-19-60-20-15-17-23(18-16-20)62(21-11-6-4-7-12-21,22-13-8-5-9-14-22)61-24(59)25(36,37)26(38,39)27(40,41)28(42,43)29(44,45)30(46,47)31(48,49)32(50,51)33(52,53)34(54,55)35(56,57)58/h4-9,11-18H,2-3,10,19H2,1H3.